The van der Waals surface area contributed by atoms with E-state index in [0.717, 1.165) is 11.1 Å². The smallest absolute Gasteiger partial charge is 0.137 e. The van der Waals surface area contributed by atoms with E-state index in [-0.39, 0.29) is 16.5 Å². The summed E-state index contributed by atoms with van der Waals surface area (Å²) >= 11 is 10.0. The van der Waals surface area contributed by atoms with Gasteiger partial charge in [-0.1, -0.05) is 44.0 Å². The Labute approximate surface area is 129 Å². The van der Waals surface area contributed by atoms with Gasteiger partial charge in [-0.25, -0.2) is 8.78 Å². The maximum Gasteiger partial charge on any atom is 0.137 e. The van der Waals surface area contributed by atoms with Crippen molar-refractivity contribution >= 4 is 47.8 Å². The van der Waals surface area contributed by atoms with Gasteiger partial charge in [-0.15, -0.1) is 0 Å². The van der Waals surface area contributed by atoms with Crippen LogP contribution in [0.15, 0.2) is 45.3 Å². The Hall–Kier alpha value is -0.260. The zero-order valence-electron chi connectivity index (χ0n) is 8.93. The third-order valence-electron chi connectivity index (χ3n) is 2.47. The number of hydrogen-bond donors (Lipinski definition) is 0. The van der Waals surface area contributed by atoms with E-state index in [1.165, 1.54) is 18.2 Å². The molecule has 0 aromatic heterocycles. The van der Waals surface area contributed by atoms with Gasteiger partial charge in [0.15, 0.2) is 0 Å². The molecule has 0 bridgehead atoms. The molecule has 1 atom stereocenters. The van der Waals surface area contributed by atoms with Crippen LogP contribution >= 0.6 is 47.8 Å². The van der Waals surface area contributed by atoms with Crippen LogP contribution < -0.4 is 0 Å². The van der Waals surface area contributed by atoms with Gasteiger partial charge < -0.3 is 0 Å². The van der Waals surface area contributed by atoms with Crippen molar-refractivity contribution < 1.29 is 8.78 Å². The molecule has 0 N–H and O–H groups in total. The SMILES string of the molecule is Fc1ccc(C(Br)c2ccc(F)c(Br)c2)c(Br)c1. The molecule has 0 fully saturated rings. The van der Waals surface area contributed by atoms with Crippen molar-refractivity contribution in [1.82, 2.24) is 0 Å². The van der Waals surface area contributed by atoms with E-state index in [1.54, 1.807) is 18.2 Å². The maximum absolute atomic E-state index is 13.2. The minimum Gasteiger partial charge on any atom is -0.207 e. The van der Waals surface area contributed by atoms with Crippen LogP contribution in [-0.2, 0) is 0 Å². The van der Waals surface area contributed by atoms with Crippen molar-refractivity contribution in [2.75, 3.05) is 0 Å². The fourth-order valence-corrected chi connectivity index (χ4v) is 3.52. The van der Waals surface area contributed by atoms with E-state index in [4.69, 9.17) is 0 Å². The third kappa shape index (κ3) is 3.00. The standard InChI is InChI=1S/C13H7Br3F2/c14-10-6-8(17)2-3-9(10)13(16)7-1-4-12(18)11(15)5-7/h1-6,13H. The Morgan fingerprint density at radius 3 is 2.22 bits per heavy atom. The molecular formula is C13H7Br3F2. The van der Waals surface area contributed by atoms with Crippen LogP contribution in [-0.4, -0.2) is 0 Å². The van der Waals surface area contributed by atoms with E-state index in [0.29, 0.717) is 8.95 Å². The number of rotatable bonds is 2. The molecule has 0 aliphatic heterocycles. The van der Waals surface area contributed by atoms with Crippen LogP contribution in [0.1, 0.15) is 16.0 Å². The van der Waals surface area contributed by atoms with Crippen LogP contribution in [0.2, 0.25) is 0 Å². The Balaban J connectivity index is 2.41. The molecule has 0 spiro atoms. The summed E-state index contributed by atoms with van der Waals surface area (Å²) in [7, 11) is 0. The molecule has 0 heterocycles. The first-order chi connectivity index (χ1) is 8.49. The highest BCUT2D eigenvalue weighted by Gasteiger charge is 2.15. The molecule has 0 saturated carbocycles. The van der Waals surface area contributed by atoms with Gasteiger partial charge in [0.1, 0.15) is 11.6 Å². The summed E-state index contributed by atoms with van der Waals surface area (Å²) in [5.41, 5.74) is 1.77. The second kappa shape index (κ2) is 5.80. The summed E-state index contributed by atoms with van der Waals surface area (Å²) in [5, 5.41) is 0. The summed E-state index contributed by atoms with van der Waals surface area (Å²) in [6, 6.07) is 9.27. The van der Waals surface area contributed by atoms with E-state index in [9.17, 15) is 8.78 Å². The quantitative estimate of drug-likeness (QED) is 0.504. The molecule has 0 nitrogen and oxygen atoms in total. The highest BCUT2D eigenvalue weighted by atomic mass is 79.9. The Morgan fingerprint density at radius 2 is 1.61 bits per heavy atom. The van der Waals surface area contributed by atoms with Crippen LogP contribution in [0.4, 0.5) is 8.78 Å². The zero-order chi connectivity index (χ0) is 13.3. The van der Waals surface area contributed by atoms with E-state index < -0.39 is 0 Å². The molecule has 0 saturated heterocycles. The fraction of sp³-hybridized carbons (Fsp3) is 0.0769. The molecule has 0 radical (unpaired) electrons. The minimum atomic E-state index is -0.309. The maximum atomic E-state index is 13.2. The zero-order valence-corrected chi connectivity index (χ0v) is 13.7. The molecule has 94 valence electrons. The van der Waals surface area contributed by atoms with Gasteiger partial charge in [-0.3, -0.25) is 0 Å². The van der Waals surface area contributed by atoms with Crippen LogP contribution in [0, 0.1) is 11.6 Å². The van der Waals surface area contributed by atoms with Crippen molar-refractivity contribution in [3.05, 3.63) is 68.1 Å². The first kappa shape index (κ1) is 14.2. The molecule has 2 aromatic rings. The highest BCUT2D eigenvalue weighted by molar-refractivity contribution is 9.11. The Bertz CT molecular complexity index is 584. The van der Waals surface area contributed by atoms with Gasteiger partial charge in [0.05, 0.1) is 9.30 Å². The van der Waals surface area contributed by atoms with Gasteiger partial charge in [0.25, 0.3) is 0 Å². The molecule has 0 aliphatic carbocycles. The van der Waals surface area contributed by atoms with Crippen molar-refractivity contribution in [3.8, 4) is 0 Å². The van der Waals surface area contributed by atoms with Gasteiger partial charge in [0, 0.05) is 4.47 Å². The minimum absolute atomic E-state index is 0.135. The van der Waals surface area contributed by atoms with Crippen LogP contribution in [0.3, 0.4) is 0 Å². The van der Waals surface area contributed by atoms with Crippen molar-refractivity contribution in [2.45, 2.75) is 4.83 Å². The monoisotopic (exact) mass is 438 g/mol. The van der Waals surface area contributed by atoms with Gasteiger partial charge in [0.2, 0.25) is 0 Å². The average molecular weight is 441 g/mol. The van der Waals surface area contributed by atoms with E-state index >= 15 is 0 Å². The highest BCUT2D eigenvalue weighted by Crippen LogP contribution is 2.36. The van der Waals surface area contributed by atoms with Crippen LogP contribution in [0.25, 0.3) is 0 Å². The largest absolute Gasteiger partial charge is 0.207 e. The molecule has 1 unspecified atom stereocenters. The van der Waals surface area contributed by atoms with E-state index in [1.807, 2.05) is 0 Å². The third-order valence-corrected chi connectivity index (χ3v) is 4.79. The van der Waals surface area contributed by atoms with Crippen molar-refractivity contribution in [2.24, 2.45) is 0 Å². The Morgan fingerprint density at radius 1 is 0.889 bits per heavy atom. The van der Waals surface area contributed by atoms with Gasteiger partial charge in [-0.2, -0.15) is 0 Å². The molecule has 5 heteroatoms. The second-order valence-electron chi connectivity index (χ2n) is 3.70. The molecule has 18 heavy (non-hydrogen) atoms. The lowest BCUT2D eigenvalue weighted by atomic mass is 10.0. The molecular weight excluding hydrogens is 434 g/mol. The Kier molecular flexibility index (Phi) is 4.56. The van der Waals surface area contributed by atoms with E-state index in [2.05, 4.69) is 47.8 Å². The number of benzene rings is 2. The predicted octanol–water partition coefficient (Wildman–Crippen LogP) is 5.97. The van der Waals surface area contributed by atoms with Crippen molar-refractivity contribution in [1.29, 1.82) is 0 Å². The fourth-order valence-electron chi connectivity index (χ4n) is 1.56. The second-order valence-corrected chi connectivity index (χ2v) is 6.33. The van der Waals surface area contributed by atoms with Gasteiger partial charge >= 0.3 is 0 Å². The lowest BCUT2D eigenvalue weighted by Crippen LogP contribution is -1.95. The summed E-state index contributed by atoms with van der Waals surface area (Å²) in [6.45, 7) is 0. The number of halogens is 5. The molecule has 2 aromatic carbocycles. The number of hydrogen-bond acceptors (Lipinski definition) is 0. The number of alkyl halides is 1. The molecule has 2 rings (SSSR count). The average Bonchev–Trinajstić information content (AvgIpc) is 2.32. The first-order valence-electron chi connectivity index (χ1n) is 5.03. The van der Waals surface area contributed by atoms with Crippen molar-refractivity contribution in [3.63, 3.8) is 0 Å². The topological polar surface area (TPSA) is 0 Å². The molecule has 0 aliphatic rings. The van der Waals surface area contributed by atoms with Crippen LogP contribution in [0.5, 0.6) is 0 Å². The summed E-state index contributed by atoms with van der Waals surface area (Å²) < 4.78 is 27.3. The lowest BCUT2D eigenvalue weighted by molar-refractivity contribution is 0.620. The van der Waals surface area contributed by atoms with Gasteiger partial charge in [-0.05, 0) is 51.3 Å². The summed E-state index contributed by atoms with van der Waals surface area (Å²) in [4.78, 5) is -0.135. The predicted molar refractivity (Wildman–Crippen MR) is 79.0 cm³/mol. The molecule has 0 amide bonds. The first-order valence-corrected chi connectivity index (χ1v) is 7.53. The summed E-state index contributed by atoms with van der Waals surface area (Å²) in [6.07, 6.45) is 0. The normalized spacial score (nSPS) is 12.5. The summed E-state index contributed by atoms with van der Waals surface area (Å²) in [5.74, 6) is -0.609. The lowest BCUT2D eigenvalue weighted by Gasteiger charge is -2.13.